The normalized spacial score (nSPS) is 10.4. The molecule has 2 aromatic rings. The van der Waals surface area contributed by atoms with Crippen LogP contribution in [0, 0.1) is 22.7 Å². The molecule has 0 radical (unpaired) electrons. The van der Waals surface area contributed by atoms with Gasteiger partial charge >= 0.3 is 0 Å². The number of nitrogens with zero attached hydrogens (tertiary/aromatic N) is 3. The lowest BCUT2D eigenvalue weighted by Crippen LogP contribution is -2.14. The predicted molar refractivity (Wildman–Crippen MR) is 75.9 cm³/mol. The fourth-order valence-corrected chi connectivity index (χ4v) is 3.05. The molecule has 8 heteroatoms. The molecule has 1 heterocycles. The number of nitriles is 2. The number of nitrogens with one attached hydrogen (secondary N) is 1. The Morgan fingerprint density at radius 3 is 2.48 bits per heavy atom. The van der Waals surface area contributed by atoms with Gasteiger partial charge in [-0.3, -0.25) is 9.71 Å². The van der Waals surface area contributed by atoms with E-state index in [9.17, 15) is 8.42 Å². The zero-order valence-electron chi connectivity index (χ0n) is 10.4. The lowest BCUT2D eigenvalue weighted by atomic mass is 10.1. The third kappa shape index (κ3) is 3.11. The molecule has 1 N–H and O–H groups in total. The quantitative estimate of drug-likeness (QED) is 0.934. The number of aromatic nitrogens is 1. The molecule has 0 unspecified atom stereocenters. The first kappa shape index (κ1) is 14.8. The van der Waals surface area contributed by atoms with E-state index in [1.165, 1.54) is 30.5 Å². The second-order valence-electron chi connectivity index (χ2n) is 3.90. The van der Waals surface area contributed by atoms with Crippen LogP contribution < -0.4 is 4.72 Å². The molecule has 104 valence electrons. The van der Waals surface area contributed by atoms with Crippen LogP contribution in [0.1, 0.15) is 11.1 Å². The Hall–Kier alpha value is -2.61. The van der Waals surface area contributed by atoms with Crippen molar-refractivity contribution in [3.05, 3.63) is 52.8 Å². The van der Waals surface area contributed by atoms with Gasteiger partial charge in [0.05, 0.1) is 21.8 Å². The van der Waals surface area contributed by atoms with Crippen molar-refractivity contribution in [2.24, 2.45) is 0 Å². The smallest absolute Gasteiger partial charge is 0.264 e. The molecule has 1 aromatic heterocycles. The van der Waals surface area contributed by atoms with E-state index in [0.717, 1.165) is 6.20 Å². The van der Waals surface area contributed by atoms with Crippen LogP contribution in [0.25, 0.3) is 0 Å². The Morgan fingerprint density at radius 1 is 1.14 bits per heavy atom. The summed E-state index contributed by atoms with van der Waals surface area (Å²) in [5, 5.41) is 17.8. The fourth-order valence-electron chi connectivity index (χ4n) is 1.57. The number of hydrogen-bond donors (Lipinski definition) is 1. The van der Waals surface area contributed by atoms with Crippen LogP contribution in [0.4, 0.5) is 5.69 Å². The summed E-state index contributed by atoms with van der Waals surface area (Å²) in [5.74, 6) is 0. The summed E-state index contributed by atoms with van der Waals surface area (Å²) in [4.78, 5) is 3.54. The van der Waals surface area contributed by atoms with Crippen molar-refractivity contribution in [2.45, 2.75) is 4.90 Å². The molecule has 0 aliphatic rings. The van der Waals surface area contributed by atoms with Gasteiger partial charge in [0.25, 0.3) is 10.0 Å². The molecule has 21 heavy (non-hydrogen) atoms. The van der Waals surface area contributed by atoms with Gasteiger partial charge in [0.1, 0.15) is 17.0 Å². The SMILES string of the molecule is N#Cc1ccc(NS(=O)(=O)c2cnccc2Cl)cc1C#N. The summed E-state index contributed by atoms with van der Waals surface area (Å²) >= 11 is 5.83. The highest BCUT2D eigenvalue weighted by Crippen LogP contribution is 2.23. The average molecular weight is 319 g/mol. The van der Waals surface area contributed by atoms with Gasteiger partial charge in [-0.1, -0.05) is 11.6 Å². The van der Waals surface area contributed by atoms with Crippen molar-refractivity contribution in [3.8, 4) is 12.1 Å². The Balaban J connectivity index is 2.41. The standard InChI is InChI=1S/C13H7ClN4O2S/c14-12-3-4-17-8-13(12)21(19,20)18-11-2-1-9(6-15)10(5-11)7-16/h1-5,8,18H. The lowest BCUT2D eigenvalue weighted by molar-refractivity contribution is 0.601. The van der Waals surface area contributed by atoms with Gasteiger partial charge < -0.3 is 0 Å². The number of anilines is 1. The highest BCUT2D eigenvalue weighted by molar-refractivity contribution is 7.92. The van der Waals surface area contributed by atoms with E-state index in [2.05, 4.69) is 9.71 Å². The van der Waals surface area contributed by atoms with Crippen LogP contribution in [-0.2, 0) is 10.0 Å². The highest BCUT2D eigenvalue weighted by atomic mass is 35.5. The van der Waals surface area contributed by atoms with Gasteiger partial charge in [0.15, 0.2) is 0 Å². The molecule has 0 atom stereocenters. The third-order valence-corrected chi connectivity index (χ3v) is 4.39. The largest absolute Gasteiger partial charge is 0.279 e. The number of benzene rings is 1. The third-order valence-electron chi connectivity index (χ3n) is 2.54. The van der Waals surface area contributed by atoms with Crippen LogP contribution in [0.15, 0.2) is 41.6 Å². The second-order valence-corrected chi connectivity index (χ2v) is 5.95. The van der Waals surface area contributed by atoms with E-state index in [0.29, 0.717) is 0 Å². The Labute approximate surface area is 126 Å². The zero-order valence-corrected chi connectivity index (χ0v) is 12.0. The van der Waals surface area contributed by atoms with Crippen molar-refractivity contribution in [3.63, 3.8) is 0 Å². The van der Waals surface area contributed by atoms with Gasteiger partial charge in [-0.15, -0.1) is 0 Å². The highest BCUT2D eigenvalue weighted by Gasteiger charge is 2.18. The summed E-state index contributed by atoms with van der Waals surface area (Å²) in [6.07, 6.45) is 2.50. The zero-order chi connectivity index (χ0) is 15.5. The molecule has 0 saturated carbocycles. The Morgan fingerprint density at radius 2 is 1.86 bits per heavy atom. The van der Waals surface area contributed by atoms with Gasteiger partial charge in [0.2, 0.25) is 0 Å². The Bertz CT molecular complexity index is 882. The van der Waals surface area contributed by atoms with Crippen molar-refractivity contribution in [1.29, 1.82) is 10.5 Å². The maximum Gasteiger partial charge on any atom is 0.264 e. The molecular formula is C13H7ClN4O2S. The van der Waals surface area contributed by atoms with Gasteiger partial charge in [-0.2, -0.15) is 10.5 Å². The minimum Gasteiger partial charge on any atom is -0.279 e. The molecule has 2 rings (SSSR count). The van der Waals surface area contributed by atoms with E-state index in [4.69, 9.17) is 22.1 Å². The first-order chi connectivity index (χ1) is 9.97. The molecule has 0 saturated heterocycles. The van der Waals surface area contributed by atoms with Crippen LogP contribution in [0.3, 0.4) is 0 Å². The number of rotatable bonds is 3. The molecule has 0 aliphatic heterocycles. The summed E-state index contributed by atoms with van der Waals surface area (Å²) < 4.78 is 26.7. The summed E-state index contributed by atoms with van der Waals surface area (Å²) in [6.45, 7) is 0. The Kier molecular flexibility index (Phi) is 4.08. The van der Waals surface area contributed by atoms with E-state index in [-0.39, 0.29) is 26.7 Å². The molecule has 0 spiro atoms. The van der Waals surface area contributed by atoms with Gasteiger partial charge in [-0.05, 0) is 24.3 Å². The summed E-state index contributed by atoms with van der Waals surface area (Å²) in [6, 6.07) is 9.06. The maximum absolute atomic E-state index is 12.2. The first-order valence-corrected chi connectivity index (χ1v) is 7.40. The number of halogens is 1. The van der Waals surface area contributed by atoms with Gasteiger partial charge in [0, 0.05) is 12.4 Å². The molecule has 0 bridgehead atoms. The summed E-state index contributed by atoms with van der Waals surface area (Å²) in [5.41, 5.74) is 0.403. The van der Waals surface area contributed by atoms with Crippen LogP contribution >= 0.6 is 11.6 Å². The van der Waals surface area contributed by atoms with E-state index >= 15 is 0 Å². The van der Waals surface area contributed by atoms with Gasteiger partial charge in [-0.25, -0.2) is 8.42 Å². The lowest BCUT2D eigenvalue weighted by Gasteiger charge is -2.09. The van der Waals surface area contributed by atoms with E-state index < -0.39 is 10.0 Å². The van der Waals surface area contributed by atoms with Crippen LogP contribution in [0.5, 0.6) is 0 Å². The predicted octanol–water partition coefficient (Wildman–Crippen LogP) is 2.28. The monoisotopic (exact) mass is 318 g/mol. The van der Waals surface area contributed by atoms with E-state index in [1.807, 2.05) is 12.1 Å². The molecule has 0 fully saturated rings. The molecule has 0 amide bonds. The van der Waals surface area contributed by atoms with Crippen LogP contribution in [0.2, 0.25) is 5.02 Å². The minimum atomic E-state index is -3.93. The van der Waals surface area contributed by atoms with Crippen molar-refractivity contribution < 1.29 is 8.42 Å². The van der Waals surface area contributed by atoms with Crippen molar-refractivity contribution >= 4 is 27.3 Å². The fraction of sp³-hybridized carbons (Fsp3) is 0. The van der Waals surface area contributed by atoms with Crippen molar-refractivity contribution in [2.75, 3.05) is 4.72 Å². The summed E-state index contributed by atoms with van der Waals surface area (Å²) in [7, 11) is -3.93. The second kappa shape index (κ2) is 5.80. The molecular weight excluding hydrogens is 312 g/mol. The molecule has 6 nitrogen and oxygen atoms in total. The number of sulfonamides is 1. The first-order valence-electron chi connectivity index (χ1n) is 5.54. The average Bonchev–Trinajstić information content (AvgIpc) is 2.47. The minimum absolute atomic E-state index is 0.0339. The topological polar surface area (TPSA) is 107 Å². The van der Waals surface area contributed by atoms with Crippen LogP contribution in [-0.4, -0.2) is 13.4 Å². The number of pyridine rings is 1. The number of hydrogen-bond acceptors (Lipinski definition) is 5. The maximum atomic E-state index is 12.2. The van der Waals surface area contributed by atoms with Crippen molar-refractivity contribution in [1.82, 2.24) is 4.98 Å². The molecule has 0 aliphatic carbocycles. The molecule has 1 aromatic carbocycles. The van der Waals surface area contributed by atoms with E-state index in [1.54, 1.807) is 0 Å².